The molecule has 0 aliphatic rings. The molecule has 6 heteroatoms. The third-order valence-corrected chi connectivity index (χ3v) is 3.95. The number of hydrogen-bond donors (Lipinski definition) is 1. The van der Waals surface area contributed by atoms with E-state index in [1.165, 1.54) is 48.3 Å². The van der Waals surface area contributed by atoms with Gasteiger partial charge in [-0.05, 0) is 42.3 Å². The van der Waals surface area contributed by atoms with Crippen LogP contribution in [0, 0.1) is 11.6 Å². The fourth-order valence-corrected chi connectivity index (χ4v) is 2.46. The molecule has 0 saturated heterocycles. The lowest BCUT2D eigenvalue weighted by Gasteiger charge is -2.28. The third kappa shape index (κ3) is 5.11. The second-order valence-corrected chi connectivity index (χ2v) is 5.74. The summed E-state index contributed by atoms with van der Waals surface area (Å²) in [7, 11) is 1.50. The Labute approximate surface area is 145 Å². The highest BCUT2D eigenvalue weighted by atomic mass is 19.1. The highest BCUT2D eigenvalue weighted by molar-refractivity contribution is 5.88. The molecule has 132 valence electrons. The Kier molecular flexibility index (Phi) is 6.22. The van der Waals surface area contributed by atoms with Crippen molar-refractivity contribution in [3.8, 4) is 0 Å². The quantitative estimate of drug-likeness (QED) is 0.874. The van der Waals surface area contributed by atoms with Crippen LogP contribution >= 0.6 is 0 Å². The van der Waals surface area contributed by atoms with Crippen LogP contribution in [0.1, 0.15) is 18.1 Å². The van der Waals surface area contributed by atoms with Gasteiger partial charge in [0, 0.05) is 13.6 Å². The molecule has 0 bridgehead atoms. The molecule has 0 spiro atoms. The van der Waals surface area contributed by atoms with Gasteiger partial charge in [0.25, 0.3) is 0 Å². The van der Waals surface area contributed by atoms with Gasteiger partial charge in [-0.15, -0.1) is 0 Å². The zero-order chi connectivity index (χ0) is 18.4. The van der Waals surface area contributed by atoms with Crippen molar-refractivity contribution < 1.29 is 18.4 Å². The van der Waals surface area contributed by atoms with E-state index in [-0.39, 0.29) is 36.4 Å². The molecular formula is C19H20F2N2O2. The van der Waals surface area contributed by atoms with Gasteiger partial charge in [-0.1, -0.05) is 24.3 Å². The zero-order valence-electron chi connectivity index (χ0n) is 14.1. The molecule has 2 rings (SSSR count). The molecule has 0 aromatic heterocycles. The van der Waals surface area contributed by atoms with Gasteiger partial charge in [0.2, 0.25) is 11.8 Å². The molecule has 4 nitrogen and oxygen atoms in total. The van der Waals surface area contributed by atoms with Crippen molar-refractivity contribution in [1.82, 2.24) is 10.2 Å². The summed E-state index contributed by atoms with van der Waals surface area (Å²) < 4.78 is 26.1. The molecule has 1 N–H and O–H groups in total. The Hall–Kier alpha value is -2.76. The van der Waals surface area contributed by atoms with E-state index in [1.807, 2.05) is 0 Å². The van der Waals surface area contributed by atoms with Gasteiger partial charge in [0.15, 0.2) is 0 Å². The summed E-state index contributed by atoms with van der Waals surface area (Å²) in [6.45, 7) is 1.81. The van der Waals surface area contributed by atoms with Gasteiger partial charge in [-0.25, -0.2) is 8.78 Å². The van der Waals surface area contributed by atoms with Crippen LogP contribution in [0.25, 0.3) is 0 Å². The molecule has 0 aliphatic carbocycles. The summed E-state index contributed by atoms with van der Waals surface area (Å²) in [5.74, 6) is -1.31. The first-order valence-corrected chi connectivity index (χ1v) is 7.90. The predicted molar refractivity (Wildman–Crippen MR) is 90.6 cm³/mol. The maximum Gasteiger partial charge on any atom is 0.242 e. The number of hydrogen-bond acceptors (Lipinski definition) is 2. The van der Waals surface area contributed by atoms with Gasteiger partial charge in [0.05, 0.1) is 6.42 Å². The molecule has 1 atom stereocenters. The minimum Gasteiger partial charge on any atom is -0.357 e. The lowest BCUT2D eigenvalue weighted by Crippen LogP contribution is -2.47. The number of nitrogens with one attached hydrogen (secondary N) is 1. The first kappa shape index (κ1) is 18.6. The Bertz CT molecular complexity index is 730. The number of rotatable bonds is 6. The van der Waals surface area contributed by atoms with Gasteiger partial charge in [-0.3, -0.25) is 9.59 Å². The molecule has 2 aromatic carbocycles. The fourth-order valence-electron chi connectivity index (χ4n) is 2.46. The van der Waals surface area contributed by atoms with E-state index < -0.39 is 6.04 Å². The normalized spacial score (nSPS) is 11.7. The number of benzene rings is 2. The number of nitrogens with zero attached hydrogens (tertiary/aromatic N) is 1. The Morgan fingerprint density at radius 2 is 1.44 bits per heavy atom. The number of halogens is 2. The van der Waals surface area contributed by atoms with Crippen molar-refractivity contribution in [2.45, 2.75) is 25.9 Å². The first-order chi connectivity index (χ1) is 11.9. The average Bonchev–Trinajstić information content (AvgIpc) is 2.61. The SMILES string of the molecule is CNC(=O)C(C)N(Cc1ccc(F)cc1)C(=O)Cc1ccc(F)cc1. The molecule has 0 heterocycles. The van der Waals surface area contributed by atoms with E-state index in [4.69, 9.17) is 0 Å². The van der Waals surface area contributed by atoms with Gasteiger partial charge >= 0.3 is 0 Å². The van der Waals surface area contributed by atoms with Crippen LogP contribution in [-0.2, 0) is 22.6 Å². The lowest BCUT2D eigenvalue weighted by atomic mass is 10.1. The van der Waals surface area contributed by atoms with Crippen molar-refractivity contribution >= 4 is 11.8 Å². The van der Waals surface area contributed by atoms with Crippen LogP contribution in [0.4, 0.5) is 8.78 Å². The molecule has 25 heavy (non-hydrogen) atoms. The van der Waals surface area contributed by atoms with Gasteiger partial charge in [-0.2, -0.15) is 0 Å². The van der Waals surface area contributed by atoms with E-state index in [0.717, 1.165) is 0 Å². The number of carbonyl (C=O) groups excluding carboxylic acids is 2. The number of amides is 2. The topological polar surface area (TPSA) is 49.4 Å². The van der Waals surface area contributed by atoms with Gasteiger partial charge < -0.3 is 10.2 Å². The van der Waals surface area contributed by atoms with Gasteiger partial charge in [0.1, 0.15) is 17.7 Å². The van der Waals surface area contributed by atoms with Crippen LogP contribution in [0.3, 0.4) is 0 Å². The monoisotopic (exact) mass is 346 g/mol. The molecule has 2 amide bonds. The van der Waals surface area contributed by atoms with E-state index in [0.29, 0.717) is 11.1 Å². The second kappa shape index (κ2) is 8.37. The summed E-state index contributed by atoms with van der Waals surface area (Å²) in [4.78, 5) is 26.1. The summed E-state index contributed by atoms with van der Waals surface area (Å²) in [6.07, 6.45) is 0.0445. The van der Waals surface area contributed by atoms with Crippen molar-refractivity contribution in [1.29, 1.82) is 0 Å². The summed E-state index contributed by atoms with van der Waals surface area (Å²) in [5.41, 5.74) is 1.37. The van der Waals surface area contributed by atoms with Crippen LogP contribution in [0.5, 0.6) is 0 Å². The van der Waals surface area contributed by atoms with Crippen LogP contribution in [0.2, 0.25) is 0 Å². The third-order valence-electron chi connectivity index (χ3n) is 3.95. The Morgan fingerprint density at radius 1 is 0.960 bits per heavy atom. The van der Waals surface area contributed by atoms with Crippen molar-refractivity contribution in [3.63, 3.8) is 0 Å². The Balaban J connectivity index is 2.20. The molecular weight excluding hydrogens is 326 g/mol. The highest BCUT2D eigenvalue weighted by Crippen LogP contribution is 2.13. The van der Waals surface area contributed by atoms with E-state index in [9.17, 15) is 18.4 Å². The van der Waals surface area contributed by atoms with Crippen LogP contribution in [0.15, 0.2) is 48.5 Å². The average molecular weight is 346 g/mol. The molecule has 2 aromatic rings. The molecule has 0 fully saturated rings. The number of likely N-dealkylation sites (N-methyl/N-ethyl adjacent to an activating group) is 1. The smallest absolute Gasteiger partial charge is 0.242 e. The molecule has 0 radical (unpaired) electrons. The maximum absolute atomic E-state index is 13.1. The summed E-state index contributed by atoms with van der Waals surface area (Å²) in [5, 5.41) is 2.52. The van der Waals surface area contributed by atoms with E-state index in [2.05, 4.69) is 5.32 Å². The predicted octanol–water partition coefficient (Wildman–Crippen LogP) is 2.67. The second-order valence-electron chi connectivity index (χ2n) is 5.74. The minimum absolute atomic E-state index is 0.0445. The number of carbonyl (C=O) groups is 2. The first-order valence-electron chi connectivity index (χ1n) is 7.90. The highest BCUT2D eigenvalue weighted by Gasteiger charge is 2.25. The molecule has 1 unspecified atom stereocenters. The molecule has 0 saturated carbocycles. The Morgan fingerprint density at radius 3 is 1.92 bits per heavy atom. The van der Waals surface area contributed by atoms with E-state index in [1.54, 1.807) is 19.1 Å². The van der Waals surface area contributed by atoms with Crippen LogP contribution < -0.4 is 5.32 Å². The maximum atomic E-state index is 13.1. The summed E-state index contributed by atoms with van der Waals surface area (Å²) >= 11 is 0. The van der Waals surface area contributed by atoms with Crippen molar-refractivity contribution in [3.05, 3.63) is 71.3 Å². The van der Waals surface area contributed by atoms with Crippen molar-refractivity contribution in [2.75, 3.05) is 7.05 Å². The standard InChI is InChI=1S/C19H20F2N2O2/c1-13(19(25)22-2)23(12-15-5-9-17(21)10-6-15)18(24)11-14-3-7-16(20)8-4-14/h3-10,13H,11-12H2,1-2H3,(H,22,25). The minimum atomic E-state index is -0.692. The summed E-state index contributed by atoms with van der Waals surface area (Å²) in [6, 6.07) is 10.7. The van der Waals surface area contributed by atoms with Crippen molar-refractivity contribution in [2.24, 2.45) is 0 Å². The zero-order valence-corrected chi connectivity index (χ0v) is 14.1. The fraction of sp³-hybridized carbons (Fsp3) is 0.263. The van der Waals surface area contributed by atoms with E-state index >= 15 is 0 Å². The lowest BCUT2D eigenvalue weighted by molar-refractivity contribution is -0.139. The van der Waals surface area contributed by atoms with Crippen LogP contribution in [-0.4, -0.2) is 29.8 Å². The molecule has 0 aliphatic heterocycles. The largest absolute Gasteiger partial charge is 0.357 e.